The SMILES string of the molecule is CC(C)(C)OC(=O)COCCCc1ccccc1Br. The molecule has 0 spiro atoms. The largest absolute Gasteiger partial charge is 0.458 e. The molecule has 1 aromatic rings. The first-order valence-corrected chi connectivity index (χ1v) is 7.21. The van der Waals surface area contributed by atoms with E-state index in [2.05, 4.69) is 22.0 Å². The molecule has 3 nitrogen and oxygen atoms in total. The Labute approximate surface area is 123 Å². The maximum atomic E-state index is 11.4. The van der Waals surface area contributed by atoms with Crippen molar-refractivity contribution < 1.29 is 14.3 Å². The van der Waals surface area contributed by atoms with E-state index in [1.807, 2.05) is 39.0 Å². The molecular weight excluding hydrogens is 308 g/mol. The van der Waals surface area contributed by atoms with Crippen molar-refractivity contribution in [1.82, 2.24) is 0 Å². The van der Waals surface area contributed by atoms with Gasteiger partial charge in [-0.2, -0.15) is 0 Å². The van der Waals surface area contributed by atoms with Gasteiger partial charge < -0.3 is 9.47 Å². The number of hydrogen-bond acceptors (Lipinski definition) is 3. The Kier molecular flexibility index (Phi) is 6.52. The van der Waals surface area contributed by atoms with Crippen molar-refractivity contribution >= 4 is 21.9 Å². The molecule has 1 rings (SSSR count). The van der Waals surface area contributed by atoms with Gasteiger partial charge in [0.1, 0.15) is 12.2 Å². The summed E-state index contributed by atoms with van der Waals surface area (Å²) in [6, 6.07) is 8.11. The first-order chi connectivity index (χ1) is 8.88. The monoisotopic (exact) mass is 328 g/mol. The summed E-state index contributed by atoms with van der Waals surface area (Å²) < 4.78 is 11.6. The smallest absolute Gasteiger partial charge is 0.332 e. The molecule has 0 atom stereocenters. The molecule has 0 fully saturated rings. The van der Waals surface area contributed by atoms with Crippen LogP contribution in [0, 0.1) is 0 Å². The van der Waals surface area contributed by atoms with E-state index < -0.39 is 5.60 Å². The van der Waals surface area contributed by atoms with E-state index in [-0.39, 0.29) is 12.6 Å². The fraction of sp³-hybridized carbons (Fsp3) is 0.533. The molecule has 0 bridgehead atoms. The van der Waals surface area contributed by atoms with Crippen LogP contribution in [-0.4, -0.2) is 24.8 Å². The number of carbonyl (C=O) groups is 1. The normalized spacial score (nSPS) is 11.4. The maximum Gasteiger partial charge on any atom is 0.332 e. The number of benzene rings is 1. The third-order valence-electron chi connectivity index (χ3n) is 2.33. The van der Waals surface area contributed by atoms with Gasteiger partial charge in [0.25, 0.3) is 0 Å². The summed E-state index contributed by atoms with van der Waals surface area (Å²) in [7, 11) is 0. The van der Waals surface area contributed by atoms with Crippen molar-refractivity contribution in [2.45, 2.75) is 39.2 Å². The molecule has 0 saturated heterocycles. The molecular formula is C15H21BrO3. The highest BCUT2D eigenvalue weighted by atomic mass is 79.9. The number of carbonyl (C=O) groups excluding carboxylic acids is 1. The van der Waals surface area contributed by atoms with Gasteiger partial charge in [-0.05, 0) is 45.2 Å². The number of hydrogen-bond donors (Lipinski definition) is 0. The van der Waals surface area contributed by atoms with Crippen molar-refractivity contribution in [3.63, 3.8) is 0 Å². The van der Waals surface area contributed by atoms with Crippen LogP contribution in [-0.2, 0) is 20.7 Å². The van der Waals surface area contributed by atoms with Gasteiger partial charge in [-0.25, -0.2) is 4.79 Å². The van der Waals surface area contributed by atoms with E-state index in [0.717, 1.165) is 17.3 Å². The molecule has 0 aromatic heterocycles. The number of rotatable bonds is 6. The lowest BCUT2D eigenvalue weighted by molar-refractivity contribution is -0.160. The second kappa shape index (κ2) is 7.65. The summed E-state index contributed by atoms with van der Waals surface area (Å²) in [6.07, 6.45) is 1.81. The van der Waals surface area contributed by atoms with Crippen molar-refractivity contribution in [1.29, 1.82) is 0 Å². The zero-order chi connectivity index (χ0) is 14.3. The van der Waals surface area contributed by atoms with Crippen molar-refractivity contribution in [2.24, 2.45) is 0 Å². The lowest BCUT2D eigenvalue weighted by atomic mass is 10.1. The minimum Gasteiger partial charge on any atom is -0.458 e. The Morgan fingerprint density at radius 3 is 2.58 bits per heavy atom. The minimum absolute atomic E-state index is 0.0211. The summed E-state index contributed by atoms with van der Waals surface area (Å²) in [5.41, 5.74) is 0.804. The van der Waals surface area contributed by atoms with Crippen LogP contribution in [0.15, 0.2) is 28.7 Å². The second-order valence-electron chi connectivity index (χ2n) is 5.33. The first-order valence-electron chi connectivity index (χ1n) is 6.41. The molecule has 1 aromatic carbocycles. The molecule has 0 radical (unpaired) electrons. The van der Waals surface area contributed by atoms with Gasteiger partial charge in [-0.1, -0.05) is 34.1 Å². The van der Waals surface area contributed by atoms with Gasteiger partial charge in [0, 0.05) is 11.1 Å². The molecule has 19 heavy (non-hydrogen) atoms. The molecule has 4 heteroatoms. The highest BCUT2D eigenvalue weighted by molar-refractivity contribution is 9.10. The zero-order valence-electron chi connectivity index (χ0n) is 11.7. The summed E-state index contributed by atoms with van der Waals surface area (Å²) in [5.74, 6) is -0.312. The van der Waals surface area contributed by atoms with Crippen LogP contribution in [0.3, 0.4) is 0 Å². The van der Waals surface area contributed by atoms with Crippen molar-refractivity contribution in [3.05, 3.63) is 34.3 Å². The van der Waals surface area contributed by atoms with Crippen molar-refractivity contribution in [3.8, 4) is 0 Å². The van der Waals surface area contributed by atoms with E-state index in [0.29, 0.717) is 6.61 Å². The number of aryl methyl sites for hydroxylation is 1. The average molecular weight is 329 g/mol. The lowest BCUT2D eigenvalue weighted by Crippen LogP contribution is -2.26. The van der Waals surface area contributed by atoms with E-state index >= 15 is 0 Å². The quantitative estimate of drug-likeness (QED) is 0.589. The topological polar surface area (TPSA) is 35.5 Å². The fourth-order valence-corrected chi connectivity index (χ4v) is 2.08. The predicted molar refractivity (Wildman–Crippen MR) is 79.1 cm³/mol. The fourth-order valence-electron chi connectivity index (χ4n) is 1.59. The summed E-state index contributed by atoms with van der Waals surface area (Å²) in [5, 5.41) is 0. The molecule has 0 unspecified atom stereocenters. The van der Waals surface area contributed by atoms with Gasteiger partial charge in [0.15, 0.2) is 0 Å². The highest BCUT2D eigenvalue weighted by Gasteiger charge is 2.15. The predicted octanol–water partition coefficient (Wildman–Crippen LogP) is 3.74. The van der Waals surface area contributed by atoms with Gasteiger partial charge in [0.05, 0.1) is 0 Å². The third-order valence-corrected chi connectivity index (χ3v) is 3.11. The van der Waals surface area contributed by atoms with Gasteiger partial charge in [-0.15, -0.1) is 0 Å². The van der Waals surface area contributed by atoms with Crippen LogP contribution in [0.5, 0.6) is 0 Å². The Balaban J connectivity index is 2.15. The maximum absolute atomic E-state index is 11.4. The number of ether oxygens (including phenoxy) is 2. The summed E-state index contributed by atoms with van der Waals surface area (Å²) >= 11 is 3.51. The first kappa shape index (κ1) is 16.2. The van der Waals surface area contributed by atoms with Crippen LogP contribution < -0.4 is 0 Å². The molecule has 0 aliphatic heterocycles. The van der Waals surface area contributed by atoms with Crippen LogP contribution in [0.2, 0.25) is 0 Å². The van der Waals surface area contributed by atoms with Crippen LogP contribution in [0.4, 0.5) is 0 Å². The molecule has 0 aliphatic carbocycles. The van der Waals surface area contributed by atoms with Gasteiger partial charge in [0.2, 0.25) is 0 Å². The van der Waals surface area contributed by atoms with Crippen molar-refractivity contribution in [2.75, 3.05) is 13.2 Å². The van der Waals surface area contributed by atoms with Crippen LogP contribution in [0.1, 0.15) is 32.8 Å². The van der Waals surface area contributed by atoms with E-state index in [1.54, 1.807) is 0 Å². The van der Waals surface area contributed by atoms with E-state index in [1.165, 1.54) is 5.56 Å². The molecule has 0 N–H and O–H groups in total. The number of halogens is 1. The molecule has 0 heterocycles. The standard InChI is InChI=1S/C15H21BrO3/c1-15(2,3)19-14(17)11-18-10-6-8-12-7-4-5-9-13(12)16/h4-5,7,9H,6,8,10-11H2,1-3H3. The molecule has 0 saturated carbocycles. The summed E-state index contributed by atoms with van der Waals surface area (Å²) in [4.78, 5) is 11.4. The summed E-state index contributed by atoms with van der Waals surface area (Å²) in [6.45, 7) is 6.11. The van der Waals surface area contributed by atoms with Crippen LogP contribution >= 0.6 is 15.9 Å². The zero-order valence-corrected chi connectivity index (χ0v) is 13.3. The van der Waals surface area contributed by atoms with E-state index in [9.17, 15) is 4.79 Å². The average Bonchev–Trinajstić information content (AvgIpc) is 2.28. The minimum atomic E-state index is -0.449. The Hall–Kier alpha value is -0.870. The van der Waals surface area contributed by atoms with E-state index in [4.69, 9.17) is 9.47 Å². The van der Waals surface area contributed by atoms with Gasteiger partial charge in [-0.3, -0.25) is 0 Å². The molecule has 106 valence electrons. The number of esters is 1. The lowest BCUT2D eigenvalue weighted by Gasteiger charge is -2.19. The molecule has 0 aliphatic rings. The second-order valence-corrected chi connectivity index (χ2v) is 6.19. The Bertz CT molecular complexity index is 410. The molecule has 0 amide bonds. The Morgan fingerprint density at radius 1 is 1.26 bits per heavy atom. The highest BCUT2D eigenvalue weighted by Crippen LogP contribution is 2.17. The third kappa shape index (κ3) is 7.33. The van der Waals surface area contributed by atoms with Crippen LogP contribution in [0.25, 0.3) is 0 Å². The van der Waals surface area contributed by atoms with Gasteiger partial charge >= 0.3 is 5.97 Å². The Morgan fingerprint density at radius 2 is 1.95 bits per heavy atom.